The summed E-state index contributed by atoms with van der Waals surface area (Å²) >= 11 is 1.43. The van der Waals surface area contributed by atoms with Gasteiger partial charge in [-0.1, -0.05) is 6.42 Å². The van der Waals surface area contributed by atoms with E-state index >= 15 is 0 Å². The van der Waals surface area contributed by atoms with E-state index in [0.29, 0.717) is 16.3 Å². The molecule has 1 saturated carbocycles. The van der Waals surface area contributed by atoms with E-state index < -0.39 is 0 Å². The summed E-state index contributed by atoms with van der Waals surface area (Å²) in [6.45, 7) is 4.96. The second-order valence-electron chi connectivity index (χ2n) is 5.43. The van der Waals surface area contributed by atoms with Crippen molar-refractivity contribution in [3.8, 4) is 11.8 Å². The highest BCUT2D eigenvalue weighted by atomic mass is 32.1. The molecule has 1 fully saturated rings. The number of ether oxygens (including phenoxy) is 1. The van der Waals surface area contributed by atoms with Gasteiger partial charge in [-0.3, -0.25) is 0 Å². The van der Waals surface area contributed by atoms with E-state index in [1.54, 1.807) is 0 Å². The Morgan fingerprint density at radius 2 is 2.21 bits per heavy atom. The molecule has 2 N–H and O–H groups in total. The summed E-state index contributed by atoms with van der Waals surface area (Å²) in [5.41, 5.74) is 6.50. The molecule has 1 aliphatic carbocycles. The number of anilines is 2. The van der Waals surface area contributed by atoms with E-state index in [-0.39, 0.29) is 6.10 Å². The van der Waals surface area contributed by atoms with Crippen molar-refractivity contribution in [2.45, 2.75) is 39.2 Å². The maximum atomic E-state index is 9.12. The molecule has 1 heterocycles. The smallest absolute Gasteiger partial charge is 0.178 e. The Morgan fingerprint density at radius 3 is 2.68 bits per heavy atom. The van der Waals surface area contributed by atoms with Crippen LogP contribution in [0.4, 0.5) is 10.7 Å². The van der Waals surface area contributed by atoms with Crippen LogP contribution in [0.3, 0.4) is 0 Å². The summed E-state index contributed by atoms with van der Waals surface area (Å²) in [5, 5.41) is 10.1. The van der Waals surface area contributed by atoms with Crippen molar-refractivity contribution in [3.05, 3.63) is 4.88 Å². The van der Waals surface area contributed by atoms with Crippen LogP contribution in [0.15, 0.2) is 0 Å². The molecule has 0 saturated heterocycles. The van der Waals surface area contributed by atoms with Crippen molar-refractivity contribution in [3.63, 3.8) is 0 Å². The van der Waals surface area contributed by atoms with Gasteiger partial charge in [0.25, 0.3) is 0 Å². The molecule has 19 heavy (non-hydrogen) atoms. The molecule has 0 aromatic carbocycles. The molecule has 1 aromatic rings. The van der Waals surface area contributed by atoms with Crippen LogP contribution < -0.4 is 15.4 Å². The van der Waals surface area contributed by atoms with E-state index in [4.69, 9.17) is 15.7 Å². The van der Waals surface area contributed by atoms with E-state index in [1.165, 1.54) is 30.6 Å². The predicted octanol–water partition coefficient (Wildman–Crippen LogP) is 3.23. The summed E-state index contributed by atoms with van der Waals surface area (Å²) in [5.74, 6) is 1.45. The Bertz CT molecular complexity index is 486. The van der Waals surface area contributed by atoms with Gasteiger partial charge in [0.1, 0.15) is 21.6 Å². The first-order valence-corrected chi connectivity index (χ1v) is 7.54. The molecule has 0 spiro atoms. The SMILES string of the molecule is CC(C)Oc1c(N(C)CC2CCC2)sc(C#N)c1N. The molecule has 0 aliphatic heterocycles. The maximum absolute atomic E-state index is 9.12. The van der Waals surface area contributed by atoms with Crippen LogP contribution in [0.25, 0.3) is 0 Å². The highest BCUT2D eigenvalue weighted by Crippen LogP contribution is 2.45. The monoisotopic (exact) mass is 279 g/mol. The fourth-order valence-electron chi connectivity index (χ4n) is 2.25. The van der Waals surface area contributed by atoms with Crippen LogP contribution in [0, 0.1) is 17.2 Å². The highest BCUT2D eigenvalue weighted by Gasteiger charge is 2.25. The second-order valence-corrected chi connectivity index (χ2v) is 6.43. The number of nitrogens with two attached hydrogens (primary N) is 1. The molecular formula is C14H21N3OS. The van der Waals surface area contributed by atoms with Crippen LogP contribution in [-0.4, -0.2) is 19.7 Å². The van der Waals surface area contributed by atoms with Gasteiger partial charge in [0, 0.05) is 13.6 Å². The van der Waals surface area contributed by atoms with Crippen LogP contribution in [-0.2, 0) is 0 Å². The zero-order valence-electron chi connectivity index (χ0n) is 11.8. The maximum Gasteiger partial charge on any atom is 0.178 e. The first-order chi connectivity index (χ1) is 9.02. The van der Waals surface area contributed by atoms with Crippen LogP contribution >= 0.6 is 11.3 Å². The third-order valence-electron chi connectivity index (χ3n) is 3.44. The Balaban J connectivity index is 2.23. The predicted molar refractivity (Wildman–Crippen MR) is 79.8 cm³/mol. The van der Waals surface area contributed by atoms with Crippen molar-refractivity contribution >= 4 is 22.0 Å². The molecule has 0 radical (unpaired) electrons. The van der Waals surface area contributed by atoms with Crippen LogP contribution in [0.2, 0.25) is 0 Å². The second kappa shape index (κ2) is 5.70. The van der Waals surface area contributed by atoms with Gasteiger partial charge in [-0.25, -0.2) is 0 Å². The molecule has 1 aliphatic rings. The zero-order chi connectivity index (χ0) is 14.0. The minimum atomic E-state index is 0.0549. The fraction of sp³-hybridized carbons (Fsp3) is 0.643. The largest absolute Gasteiger partial charge is 0.486 e. The number of nitrogens with zero attached hydrogens (tertiary/aromatic N) is 2. The van der Waals surface area contributed by atoms with Gasteiger partial charge in [0.05, 0.1) is 6.10 Å². The van der Waals surface area contributed by atoms with E-state index in [9.17, 15) is 0 Å². The topological polar surface area (TPSA) is 62.3 Å². The lowest BCUT2D eigenvalue weighted by Crippen LogP contribution is -2.29. The van der Waals surface area contributed by atoms with Crippen LogP contribution in [0.1, 0.15) is 38.0 Å². The highest BCUT2D eigenvalue weighted by molar-refractivity contribution is 7.17. The average Bonchev–Trinajstić information content (AvgIpc) is 2.61. The normalized spacial score (nSPS) is 15.1. The van der Waals surface area contributed by atoms with Gasteiger partial charge in [0.2, 0.25) is 0 Å². The van der Waals surface area contributed by atoms with Gasteiger partial charge in [-0.2, -0.15) is 5.26 Å². The number of thiophene rings is 1. The Labute approximate surface area is 118 Å². The van der Waals surface area contributed by atoms with E-state index in [2.05, 4.69) is 18.0 Å². The summed E-state index contributed by atoms with van der Waals surface area (Å²) in [4.78, 5) is 2.73. The number of hydrogen-bond donors (Lipinski definition) is 1. The summed E-state index contributed by atoms with van der Waals surface area (Å²) in [6.07, 6.45) is 4.00. The Hall–Kier alpha value is -1.41. The quantitative estimate of drug-likeness (QED) is 0.899. The molecule has 2 rings (SSSR count). The van der Waals surface area contributed by atoms with Gasteiger partial charge in [-0.05, 0) is 32.6 Å². The molecule has 1 aromatic heterocycles. The van der Waals surface area contributed by atoms with Gasteiger partial charge < -0.3 is 15.4 Å². The lowest BCUT2D eigenvalue weighted by Gasteiger charge is -2.31. The molecule has 0 amide bonds. The lowest BCUT2D eigenvalue weighted by molar-refractivity contribution is 0.244. The number of rotatable bonds is 5. The average molecular weight is 279 g/mol. The van der Waals surface area contributed by atoms with E-state index in [1.807, 2.05) is 13.8 Å². The Kier molecular flexibility index (Phi) is 4.20. The van der Waals surface area contributed by atoms with Gasteiger partial charge in [-0.15, -0.1) is 11.3 Å². The summed E-state index contributed by atoms with van der Waals surface area (Å²) in [7, 11) is 2.05. The Morgan fingerprint density at radius 1 is 1.53 bits per heavy atom. The number of hydrogen-bond acceptors (Lipinski definition) is 5. The standard InChI is InChI=1S/C14H21N3OS/c1-9(2)18-13-12(16)11(7-15)19-14(13)17(3)8-10-5-4-6-10/h9-10H,4-6,8,16H2,1-3H3. The summed E-state index contributed by atoms with van der Waals surface area (Å²) in [6, 6.07) is 2.15. The first kappa shape index (κ1) is 14.0. The van der Waals surface area contributed by atoms with E-state index in [0.717, 1.165) is 17.5 Å². The third-order valence-corrected chi connectivity index (χ3v) is 4.65. The molecule has 5 heteroatoms. The minimum absolute atomic E-state index is 0.0549. The first-order valence-electron chi connectivity index (χ1n) is 6.73. The van der Waals surface area contributed by atoms with Crippen molar-refractivity contribution in [1.29, 1.82) is 5.26 Å². The number of nitrogen functional groups attached to an aromatic ring is 1. The molecule has 104 valence electrons. The molecule has 4 nitrogen and oxygen atoms in total. The van der Waals surface area contributed by atoms with Crippen molar-refractivity contribution < 1.29 is 4.74 Å². The number of nitriles is 1. The fourth-order valence-corrected chi connectivity index (χ4v) is 3.17. The summed E-state index contributed by atoms with van der Waals surface area (Å²) < 4.78 is 5.81. The molecule has 0 unspecified atom stereocenters. The minimum Gasteiger partial charge on any atom is -0.486 e. The lowest BCUT2D eigenvalue weighted by atomic mass is 9.85. The van der Waals surface area contributed by atoms with Crippen molar-refractivity contribution in [2.75, 3.05) is 24.2 Å². The van der Waals surface area contributed by atoms with Crippen molar-refractivity contribution in [1.82, 2.24) is 0 Å². The van der Waals surface area contributed by atoms with Gasteiger partial charge in [0.15, 0.2) is 5.75 Å². The third kappa shape index (κ3) is 2.95. The molecule has 0 bridgehead atoms. The van der Waals surface area contributed by atoms with Crippen LogP contribution in [0.5, 0.6) is 5.75 Å². The van der Waals surface area contributed by atoms with Gasteiger partial charge >= 0.3 is 0 Å². The molecular weight excluding hydrogens is 258 g/mol. The zero-order valence-corrected chi connectivity index (χ0v) is 12.6. The van der Waals surface area contributed by atoms with Crippen molar-refractivity contribution in [2.24, 2.45) is 5.92 Å². The molecule has 0 atom stereocenters.